The van der Waals surface area contributed by atoms with Crippen molar-refractivity contribution in [2.75, 3.05) is 18.2 Å². The highest BCUT2D eigenvalue weighted by Crippen LogP contribution is 2.15. The molecule has 1 rings (SSSR count). The number of nitrogens with one attached hydrogen (secondary N) is 1. The quantitative estimate of drug-likeness (QED) is 0.485. The van der Waals surface area contributed by atoms with Crippen LogP contribution in [0, 0.1) is 0 Å². The SMILES string of the molecule is NCCSCN1C=CNS1. The van der Waals surface area contributed by atoms with Crippen LogP contribution in [0.1, 0.15) is 0 Å². The summed E-state index contributed by atoms with van der Waals surface area (Å²) < 4.78 is 5.14. The van der Waals surface area contributed by atoms with Crippen molar-refractivity contribution in [2.24, 2.45) is 5.73 Å². The van der Waals surface area contributed by atoms with E-state index in [-0.39, 0.29) is 0 Å². The maximum absolute atomic E-state index is 5.33. The second-order valence-electron chi connectivity index (χ2n) is 1.77. The third-order valence-corrected chi connectivity index (χ3v) is 2.83. The van der Waals surface area contributed by atoms with Crippen LogP contribution < -0.4 is 10.5 Å². The second kappa shape index (κ2) is 4.76. The lowest BCUT2D eigenvalue weighted by atomic mass is 10.8. The highest BCUT2D eigenvalue weighted by Gasteiger charge is 2.02. The number of thioether (sulfide) groups is 1. The molecule has 0 atom stereocenters. The Labute approximate surface area is 69.7 Å². The number of rotatable bonds is 4. The Kier molecular flexibility index (Phi) is 3.86. The molecule has 1 aliphatic rings. The fourth-order valence-electron chi connectivity index (χ4n) is 0.549. The summed E-state index contributed by atoms with van der Waals surface area (Å²) in [5, 5.41) is 0. The molecule has 0 aromatic heterocycles. The zero-order valence-corrected chi connectivity index (χ0v) is 7.25. The third-order valence-electron chi connectivity index (χ3n) is 0.960. The smallest absolute Gasteiger partial charge is 0.0761 e. The van der Waals surface area contributed by atoms with Gasteiger partial charge in [0.1, 0.15) is 0 Å². The van der Waals surface area contributed by atoms with Crippen molar-refractivity contribution in [1.29, 1.82) is 0 Å². The van der Waals surface area contributed by atoms with E-state index in [1.807, 2.05) is 24.2 Å². The maximum Gasteiger partial charge on any atom is 0.0761 e. The third kappa shape index (κ3) is 2.72. The minimum atomic E-state index is 0.764. The molecule has 58 valence electrons. The van der Waals surface area contributed by atoms with E-state index >= 15 is 0 Å². The van der Waals surface area contributed by atoms with Gasteiger partial charge in [0.25, 0.3) is 0 Å². The van der Waals surface area contributed by atoms with E-state index in [9.17, 15) is 0 Å². The Morgan fingerprint density at radius 3 is 3.20 bits per heavy atom. The van der Waals surface area contributed by atoms with Crippen LogP contribution in [-0.4, -0.2) is 22.5 Å². The fraction of sp³-hybridized carbons (Fsp3) is 0.600. The first-order valence-corrected chi connectivity index (χ1v) is 5.00. The van der Waals surface area contributed by atoms with Gasteiger partial charge < -0.3 is 10.5 Å². The number of hydrogen-bond donors (Lipinski definition) is 2. The topological polar surface area (TPSA) is 41.3 Å². The molecule has 0 aromatic carbocycles. The zero-order chi connectivity index (χ0) is 7.23. The summed E-state index contributed by atoms with van der Waals surface area (Å²) in [5.41, 5.74) is 5.33. The van der Waals surface area contributed by atoms with Gasteiger partial charge in [-0.25, -0.2) is 0 Å². The molecule has 0 bridgehead atoms. The first kappa shape index (κ1) is 8.10. The number of hydrogen-bond acceptors (Lipinski definition) is 5. The van der Waals surface area contributed by atoms with E-state index in [0.717, 1.165) is 18.2 Å². The second-order valence-corrected chi connectivity index (χ2v) is 3.73. The summed E-state index contributed by atoms with van der Waals surface area (Å²) in [6, 6.07) is 0. The molecular weight excluding hydrogens is 166 g/mol. The molecule has 3 nitrogen and oxygen atoms in total. The normalized spacial score (nSPS) is 15.9. The summed E-state index contributed by atoms with van der Waals surface area (Å²) in [7, 11) is 0. The maximum atomic E-state index is 5.33. The molecule has 0 unspecified atom stereocenters. The van der Waals surface area contributed by atoms with Crippen LogP contribution in [-0.2, 0) is 0 Å². The fourth-order valence-corrected chi connectivity index (χ4v) is 1.92. The Morgan fingerprint density at radius 1 is 1.70 bits per heavy atom. The summed E-state index contributed by atoms with van der Waals surface area (Å²) in [4.78, 5) is 0. The molecule has 0 spiro atoms. The van der Waals surface area contributed by atoms with Gasteiger partial charge in [-0.05, 0) is 0 Å². The standard InChI is InChI=1S/C5H11N3S2/c6-1-4-9-5-8-3-2-7-10-8/h2-3,7H,1,4-6H2. The molecule has 0 saturated carbocycles. The lowest BCUT2D eigenvalue weighted by Gasteiger charge is -2.10. The van der Waals surface area contributed by atoms with Crippen molar-refractivity contribution < 1.29 is 0 Å². The lowest BCUT2D eigenvalue weighted by Crippen LogP contribution is -2.08. The average Bonchev–Trinajstić information content (AvgIpc) is 2.41. The molecule has 0 fully saturated rings. The van der Waals surface area contributed by atoms with E-state index in [0.29, 0.717) is 0 Å². The van der Waals surface area contributed by atoms with Crippen LogP contribution in [0.2, 0.25) is 0 Å². The Hall–Kier alpha value is -0.0000000000000000555. The van der Waals surface area contributed by atoms with Crippen LogP contribution in [0.25, 0.3) is 0 Å². The van der Waals surface area contributed by atoms with Gasteiger partial charge in [0, 0.05) is 24.7 Å². The summed E-state index contributed by atoms with van der Waals surface area (Å²) in [6.45, 7) is 0.764. The van der Waals surface area contributed by atoms with Crippen LogP contribution in [0.15, 0.2) is 12.4 Å². The van der Waals surface area contributed by atoms with Crippen molar-refractivity contribution in [1.82, 2.24) is 9.03 Å². The first-order valence-electron chi connectivity index (χ1n) is 3.07. The molecule has 0 radical (unpaired) electrons. The van der Waals surface area contributed by atoms with Crippen LogP contribution in [0.4, 0.5) is 0 Å². The predicted octanol–water partition coefficient (Wildman–Crippen LogP) is 0.575. The van der Waals surface area contributed by atoms with E-state index in [1.165, 1.54) is 0 Å². The molecule has 1 aliphatic heterocycles. The van der Waals surface area contributed by atoms with Gasteiger partial charge in [-0.3, -0.25) is 4.31 Å². The molecule has 0 saturated heterocycles. The largest absolute Gasteiger partial charge is 0.330 e. The van der Waals surface area contributed by atoms with Crippen molar-refractivity contribution in [3.8, 4) is 0 Å². The van der Waals surface area contributed by atoms with Crippen LogP contribution >= 0.6 is 23.9 Å². The van der Waals surface area contributed by atoms with E-state index < -0.39 is 0 Å². The molecule has 5 heteroatoms. The van der Waals surface area contributed by atoms with Crippen LogP contribution in [0.5, 0.6) is 0 Å². The van der Waals surface area contributed by atoms with Gasteiger partial charge in [-0.1, -0.05) is 0 Å². The number of nitrogens with zero attached hydrogens (tertiary/aromatic N) is 1. The van der Waals surface area contributed by atoms with Gasteiger partial charge in [0.2, 0.25) is 0 Å². The monoisotopic (exact) mass is 177 g/mol. The predicted molar refractivity (Wildman–Crippen MR) is 48.1 cm³/mol. The zero-order valence-electron chi connectivity index (χ0n) is 5.62. The minimum Gasteiger partial charge on any atom is -0.330 e. The Morgan fingerprint density at radius 2 is 2.60 bits per heavy atom. The summed E-state index contributed by atoms with van der Waals surface area (Å²) in [5.74, 6) is 2.04. The molecule has 1 heterocycles. The lowest BCUT2D eigenvalue weighted by molar-refractivity contribution is 0.757. The Bertz CT molecular complexity index is 117. The Balaban J connectivity index is 1.97. The molecular formula is C5H11N3S2. The molecule has 10 heavy (non-hydrogen) atoms. The van der Waals surface area contributed by atoms with Gasteiger partial charge in [0.05, 0.1) is 18.0 Å². The summed E-state index contributed by atoms with van der Waals surface area (Å²) >= 11 is 3.44. The van der Waals surface area contributed by atoms with E-state index in [1.54, 1.807) is 12.1 Å². The van der Waals surface area contributed by atoms with Crippen molar-refractivity contribution >= 4 is 23.9 Å². The van der Waals surface area contributed by atoms with E-state index in [4.69, 9.17) is 5.73 Å². The van der Waals surface area contributed by atoms with Crippen LogP contribution in [0.3, 0.4) is 0 Å². The van der Waals surface area contributed by atoms with Gasteiger partial charge in [0.15, 0.2) is 0 Å². The highest BCUT2D eigenvalue weighted by molar-refractivity contribution is 8.01. The van der Waals surface area contributed by atoms with Crippen molar-refractivity contribution in [3.63, 3.8) is 0 Å². The minimum absolute atomic E-state index is 0.764. The highest BCUT2D eigenvalue weighted by atomic mass is 32.2. The van der Waals surface area contributed by atoms with E-state index in [2.05, 4.69) is 9.03 Å². The van der Waals surface area contributed by atoms with Gasteiger partial charge >= 0.3 is 0 Å². The number of nitrogens with two attached hydrogens (primary N) is 1. The first-order chi connectivity index (χ1) is 4.93. The van der Waals surface area contributed by atoms with Crippen molar-refractivity contribution in [3.05, 3.63) is 12.4 Å². The van der Waals surface area contributed by atoms with Gasteiger partial charge in [-0.15, -0.1) is 11.8 Å². The van der Waals surface area contributed by atoms with Gasteiger partial charge in [-0.2, -0.15) is 0 Å². The average molecular weight is 177 g/mol. The molecule has 3 N–H and O–H groups in total. The molecule has 0 aromatic rings. The van der Waals surface area contributed by atoms with Crippen molar-refractivity contribution in [2.45, 2.75) is 0 Å². The molecule has 0 amide bonds. The molecule has 0 aliphatic carbocycles. The summed E-state index contributed by atoms with van der Waals surface area (Å²) in [6.07, 6.45) is 3.95.